The van der Waals surface area contributed by atoms with Crippen molar-refractivity contribution in [2.45, 2.75) is 37.8 Å². The van der Waals surface area contributed by atoms with Crippen molar-refractivity contribution in [3.63, 3.8) is 0 Å². The van der Waals surface area contributed by atoms with E-state index in [4.69, 9.17) is 0 Å². The van der Waals surface area contributed by atoms with E-state index in [1.807, 2.05) is 44.1 Å². The first-order chi connectivity index (χ1) is 14.2. The fourth-order valence-corrected chi connectivity index (χ4v) is 3.42. The minimum absolute atomic E-state index is 0.00346. The zero-order valence-electron chi connectivity index (χ0n) is 17.7. The molecule has 1 aliphatic carbocycles. The van der Waals surface area contributed by atoms with Gasteiger partial charge in [0, 0.05) is 51.9 Å². The number of anilines is 3. The van der Waals surface area contributed by atoms with Crippen molar-refractivity contribution in [1.82, 2.24) is 15.3 Å². The lowest BCUT2D eigenvalue weighted by molar-refractivity contribution is 0.0926. The second-order valence-corrected chi connectivity index (χ2v) is 8.00. The molecule has 3 rings (SSSR count). The van der Waals surface area contributed by atoms with Gasteiger partial charge in [-0.15, -0.1) is 0 Å². The van der Waals surface area contributed by atoms with Crippen LogP contribution in [-0.2, 0) is 0 Å². The highest BCUT2D eigenvalue weighted by Crippen LogP contribution is 2.24. The molecule has 0 bridgehead atoms. The van der Waals surface area contributed by atoms with Crippen LogP contribution in [0.25, 0.3) is 0 Å². The molecular formula is C21H28F2N6O. The second-order valence-electron chi connectivity index (χ2n) is 8.00. The predicted octanol–water partition coefficient (Wildman–Crippen LogP) is 3.04. The Morgan fingerprint density at radius 1 is 0.933 bits per heavy atom. The maximum Gasteiger partial charge on any atom is 0.251 e. The minimum Gasteiger partial charge on any atom is -0.367 e. The third-order valence-corrected chi connectivity index (χ3v) is 5.16. The van der Waals surface area contributed by atoms with E-state index >= 15 is 0 Å². The highest BCUT2D eigenvalue weighted by Gasteiger charge is 2.24. The molecule has 162 valence electrons. The Morgan fingerprint density at radius 3 is 2.20 bits per heavy atom. The normalized spacial score (nSPS) is 18.6. The molecule has 0 saturated heterocycles. The summed E-state index contributed by atoms with van der Waals surface area (Å²) in [6, 6.07) is 5.35. The number of rotatable bonds is 6. The van der Waals surface area contributed by atoms with Crippen LogP contribution in [0.3, 0.4) is 0 Å². The van der Waals surface area contributed by atoms with Crippen molar-refractivity contribution >= 4 is 23.5 Å². The molecule has 1 aromatic carbocycles. The van der Waals surface area contributed by atoms with Gasteiger partial charge < -0.3 is 20.4 Å². The standard InChI is InChI=1S/C21H28F2N6O/c1-28(2)19-12-18(26-21(27-19)29(3)4)24-14-6-8-15(9-7-14)25-20(30)13-5-10-16(22)17(23)11-13/h5,10-12,14-15H,6-9H2,1-4H3,(H,25,30)(H,24,26,27)/t14-,15+. The van der Waals surface area contributed by atoms with Gasteiger partial charge in [0.05, 0.1) is 0 Å². The molecule has 1 heterocycles. The Hall–Kier alpha value is -2.97. The van der Waals surface area contributed by atoms with Crippen LogP contribution in [0.5, 0.6) is 0 Å². The van der Waals surface area contributed by atoms with Gasteiger partial charge in [0.25, 0.3) is 5.91 Å². The van der Waals surface area contributed by atoms with Crippen LogP contribution in [0.2, 0.25) is 0 Å². The molecule has 9 heteroatoms. The fraction of sp³-hybridized carbons (Fsp3) is 0.476. The quantitative estimate of drug-likeness (QED) is 0.751. The van der Waals surface area contributed by atoms with Crippen molar-refractivity contribution in [3.05, 3.63) is 41.5 Å². The molecule has 1 fully saturated rings. The van der Waals surface area contributed by atoms with Crippen LogP contribution in [-0.4, -0.2) is 56.1 Å². The molecule has 0 aliphatic heterocycles. The number of nitrogens with zero attached hydrogens (tertiary/aromatic N) is 4. The minimum atomic E-state index is -1.02. The first-order valence-corrected chi connectivity index (χ1v) is 9.99. The molecule has 1 aliphatic rings. The molecule has 2 N–H and O–H groups in total. The first kappa shape index (κ1) is 21.7. The van der Waals surface area contributed by atoms with Gasteiger partial charge in [-0.05, 0) is 43.9 Å². The summed E-state index contributed by atoms with van der Waals surface area (Å²) in [4.78, 5) is 25.2. The smallest absolute Gasteiger partial charge is 0.251 e. The number of amides is 1. The third-order valence-electron chi connectivity index (χ3n) is 5.16. The SMILES string of the molecule is CN(C)c1cc(N[C@H]2CC[C@@H](NC(=O)c3ccc(F)c(F)c3)CC2)nc(N(C)C)n1. The van der Waals surface area contributed by atoms with Crippen LogP contribution in [0.15, 0.2) is 24.3 Å². The van der Waals surface area contributed by atoms with Gasteiger partial charge in [0.15, 0.2) is 11.6 Å². The number of nitrogens with one attached hydrogen (secondary N) is 2. The highest BCUT2D eigenvalue weighted by atomic mass is 19.2. The number of hydrogen-bond acceptors (Lipinski definition) is 6. The van der Waals surface area contributed by atoms with E-state index in [0.29, 0.717) is 5.95 Å². The molecule has 0 radical (unpaired) electrons. The van der Waals surface area contributed by atoms with Crippen LogP contribution < -0.4 is 20.4 Å². The van der Waals surface area contributed by atoms with Crippen molar-refractivity contribution in [2.75, 3.05) is 43.3 Å². The monoisotopic (exact) mass is 418 g/mol. The lowest BCUT2D eigenvalue weighted by atomic mass is 9.91. The second kappa shape index (κ2) is 9.23. The predicted molar refractivity (Wildman–Crippen MR) is 114 cm³/mol. The van der Waals surface area contributed by atoms with Crippen molar-refractivity contribution in [2.24, 2.45) is 0 Å². The van der Waals surface area contributed by atoms with Crippen LogP contribution in [0.4, 0.5) is 26.4 Å². The summed E-state index contributed by atoms with van der Waals surface area (Å²) in [6.07, 6.45) is 3.31. The first-order valence-electron chi connectivity index (χ1n) is 9.99. The topological polar surface area (TPSA) is 73.4 Å². The Labute approximate surface area is 175 Å². The van der Waals surface area contributed by atoms with Gasteiger partial charge in [-0.2, -0.15) is 9.97 Å². The van der Waals surface area contributed by atoms with E-state index in [1.165, 1.54) is 6.07 Å². The van der Waals surface area contributed by atoms with Crippen molar-refractivity contribution in [1.29, 1.82) is 0 Å². The lowest BCUT2D eigenvalue weighted by Crippen LogP contribution is -2.40. The van der Waals surface area contributed by atoms with Crippen molar-refractivity contribution in [3.8, 4) is 0 Å². The molecule has 2 aromatic rings. The summed E-state index contributed by atoms with van der Waals surface area (Å²) in [6.45, 7) is 0. The summed E-state index contributed by atoms with van der Waals surface area (Å²) in [5.41, 5.74) is 0.127. The molecule has 7 nitrogen and oxygen atoms in total. The Balaban J connectivity index is 1.57. The fourth-order valence-electron chi connectivity index (χ4n) is 3.42. The largest absolute Gasteiger partial charge is 0.367 e. The maximum absolute atomic E-state index is 13.4. The average molecular weight is 418 g/mol. The average Bonchev–Trinajstić information content (AvgIpc) is 2.71. The Kier molecular flexibility index (Phi) is 6.69. The van der Waals surface area contributed by atoms with E-state index in [1.54, 1.807) is 0 Å². The van der Waals surface area contributed by atoms with E-state index in [2.05, 4.69) is 20.6 Å². The Bertz CT molecular complexity index is 871. The molecule has 0 unspecified atom stereocenters. The molecule has 0 spiro atoms. The molecule has 1 saturated carbocycles. The van der Waals surface area contributed by atoms with E-state index in [9.17, 15) is 13.6 Å². The van der Waals surface area contributed by atoms with E-state index < -0.39 is 11.6 Å². The number of halogens is 2. The van der Waals surface area contributed by atoms with Crippen LogP contribution in [0.1, 0.15) is 36.0 Å². The van der Waals surface area contributed by atoms with Gasteiger partial charge in [-0.1, -0.05) is 0 Å². The zero-order chi connectivity index (χ0) is 21.8. The zero-order valence-corrected chi connectivity index (χ0v) is 17.7. The van der Waals surface area contributed by atoms with E-state index in [-0.39, 0.29) is 23.6 Å². The number of aromatic nitrogens is 2. The lowest BCUT2D eigenvalue weighted by Gasteiger charge is -2.30. The molecule has 0 atom stereocenters. The molecule has 30 heavy (non-hydrogen) atoms. The molecular weight excluding hydrogens is 390 g/mol. The van der Waals surface area contributed by atoms with Gasteiger partial charge in [-0.3, -0.25) is 4.79 Å². The molecule has 1 aromatic heterocycles. The number of benzene rings is 1. The summed E-state index contributed by atoms with van der Waals surface area (Å²) in [7, 11) is 7.68. The maximum atomic E-state index is 13.4. The van der Waals surface area contributed by atoms with Gasteiger partial charge >= 0.3 is 0 Å². The van der Waals surface area contributed by atoms with Crippen molar-refractivity contribution < 1.29 is 13.6 Å². The summed E-state index contributed by atoms with van der Waals surface area (Å²) < 4.78 is 26.4. The summed E-state index contributed by atoms with van der Waals surface area (Å²) in [5.74, 6) is -0.133. The number of hydrogen-bond donors (Lipinski definition) is 2. The van der Waals surface area contributed by atoms with E-state index in [0.717, 1.165) is 49.5 Å². The van der Waals surface area contributed by atoms with Gasteiger partial charge in [-0.25, -0.2) is 8.78 Å². The summed E-state index contributed by atoms with van der Waals surface area (Å²) >= 11 is 0. The number of carbonyl (C=O) groups excluding carboxylic acids is 1. The Morgan fingerprint density at radius 2 is 1.60 bits per heavy atom. The molecule has 1 amide bonds. The number of carbonyl (C=O) groups is 1. The third kappa shape index (κ3) is 5.34. The summed E-state index contributed by atoms with van der Waals surface area (Å²) in [5, 5.41) is 6.40. The van der Waals surface area contributed by atoms with Crippen LogP contribution >= 0.6 is 0 Å². The highest BCUT2D eigenvalue weighted by molar-refractivity contribution is 5.94. The van der Waals surface area contributed by atoms with Gasteiger partial charge in [0.2, 0.25) is 5.95 Å². The van der Waals surface area contributed by atoms with Crippen LogP contribution in [0, 0.1) is 11.6 Å². The van der Waals surface area contributed by atoms with Gasteiger partial charge in [0.1, 0.15) is 11.6 Å².